The Labute approximate surface area is 154 Å². The molecule has 128 valence electrons. The second-order valence-electron chi connectivity index (χ2n) is 6.92. The Hall–Kier alpha value is -2.79. The molecule has 0 amide bonds. The standard InChI is InChI=1S/C21H17N3OS/c1-12(2)16-8-9-22-20-17(16)18-19(26-20)21(25)24(11-23-18)15-7-6-13-4-3-5-14(13)10-15/h3-4,6-12H,5H2,1-2H3. The van der Waals surface area contributed by atoms with Gasteiger partial charge in [-0.25, -0.2) is 9.97 Å². The summed E-state index contributed by atoms with van der Waals surface area (Å²) in [4.78, 5) is 23.2. The van der Waals surface area contributed by atoms with Gasteiger partial charge < -0.3 is 0 Å². The number of pyridine rings is 1. The van der Waals surface area contributed by atoms with E-state index in [4.69, 9.17) is 0 Å². The molecule has 0 atom stereocenters. The summed E-state index contributed by atoms with van der Waals surface area (Å²) in [5.41, 5.74) is 5.26. The normalized spacial score (nSPS) is 13.2. The topological polar surface area (TPSA) is 47.8 Å². The molecule has 0 aliphatic heterocycles. The van der Waals surface area contributed by atoms with Gasteiger partial charge in [0.25, 0.3) is 5.56 Å². The molecule has 0 fully saturated rings. The van der Waals surface area contributed by atoms with E-state index in [0.29, 0.717) is 10.6 Å². The van der Waals surface area contributed by atoms with Crippen LogP contribution in [0, 0.1) is 0 Å². The fourth-order valence-corrected chi connectivity index (χ4v) is 4.70. The van der Waals surface area contributed by atoms with Crippen LogP contribution in [0.1, 0.15) is 36.5 Å². The van der Waals surface area contributed by atoms with Crippen LogP contribution in [-0.4, -0.2) is 14.5 Å². The highest BCUT2D eigenvalue weighted by Crippen LogP contribution is 2.34. The first-order valence-corrected chi connectivity index (χ1v) is 9.54. The minimum absolute atomic E-state index is 0.0291. The smallest absolute Gasteiger partial charge is 0.267 e. The number of benzene rings is 1. The van der Waals surface area contributed by atoms with Crippen molar-refractivity contribution in [1.82, 2.24) is 14.5 Å². The monoisotopic (exact) mass is 359 g/mol. The molecule has 5 rings (SSSR count). The molecular weight excluding hydrogens is 342 g/mol. The van der Waals surface area contributed by atoms with Gasteiger partial charge in [-0.3, -0.25) is 9.36 Å². The van der Waals surface area contributed by atoms with E-state index < -0.39 is 0 Å². The Morgan fingerprint density at radius 3 is 2.92 bits per heavy atom. The van der Waals surface area contributed by atoms with Gasteiger partial charge in [-0.15, -0.1) is 11.3 Å². The zero-order valence-corrected chi connectivity index (χ0v) is 15.4. The van der Waals surface area contributed by atoms with Gasteiger partial charge in [-0.2, -0.15) is 0 Å². The molecule has 4 aromatic rings. The average Bonchev–Trinajstić information content (AvgIpc) is 3.25. The first-order chi connectivity index (χ1) is 12.6. The molecular formula is C21H17N3OS. The first kappa shape index (κ1) is 15.5. The molecule has 26 heavy (non-hydrogen) atoms. The Bertz CT molecular complexity index is 1260. The summed E-state index contributed by atoms with van der Waals surface area (Å²) in [6.45, 7) is 4.30. The van der Waals surface area contributed by atoms with E-state index >= 15 is 0 Å². The molecule has 0 bridgehead atoms. The predicted octanol–water partition coefficient (Wildman–Crippen LogP) is 4.69. The Morgan fingerprint density at radius 1 is 1.19 bits per heavy atom. The van der Waals surface area contributed by atoms with Crippen molar-refractivity contribution < 1.29 is 0 Å². The van der Waals surface area contributed by atoms with Gasteiger partial charge in [0.15, 0.2) is 0 Å². The fourth-order valence-electron chi connectivity index (χ4n) is 3.64. The van der Waals surface area contributed by atoms with Gasteiger partial charge in [0, 0.05) is 11.6 Å². The quantitative estimate of drug-likeness (QED) is 0.522. The number of aromatic nitrogens is 3. The Morgan fingerprint density at radius 2 is 2.08 bits per heavy atom. The van der Waals surface area contributed by atoms with Crippen LogP contribution in [0.3, 0.4) is 0 Å². The number of nitrogens with zero attached hydrogens (tertiary/aromatic N) is 3. The highest BCUT2D eigenvalue weighted by Gasteiger charge is 2.17. The largest absolute Gasteiger partial charge is 0.275 e. The van der Waals surface area contributed by atoms with E-state index in [0.717, 1.165) is 27.8 Å². The van der Waals surface area contributed by atoms with Crippen LogP contribution in [-0.2, 0) is 6.42 Å². The van der Waals surface area contributed by atoms with E-state index in [1.54, 1.807) is 10.9 Å². The molecule has 0 unspecified atom stereocenters. The lowest BCUT2D eigenvalue weighted by molar-refractivity contribution is 0.875. The highest BCUT2D eigenvalue weighted by molar-refractivity contribution is 7.25. The van der Waals surface area contributed by atoms with Crippen molar-refractivity contribution in [3.8, 4) is 5.69 Å². The number of thiophene rings is 1. The van der Waals surface area contributed by atoms with Crippen LogP contribution in [0.15, 0.2) is 47.7 Å². The van der Waals surface area contributed by atoms with Crippen LogP contribution >= 0.6 is 11.3 Å². The maximum absolute atomic E-state index is 13.2. The number of allylic oxidation sites excluding steroid dienone is 1. The number of hydrogen-bond donors (Lipinski definition) is 0. The van der Waals surface area contributed by atoms with E-state index in [1.807, 2.05) is 18.3 Å². The third-order valence-corrected chi connectivity index (χ3v) is 6.05. The summed E-state index contributed by atoms with van der Waals surface area (Å²) in [6, 6.07) is 8.15. The summed E-state index contributed by atoms with van der Waals surface area (Å²) in [5.74, 6) is 0.353. The lowest BCUT2D eigenvalue weighted by Crippen LogP contribution is -2.18. The summed E-state index contributed by atoms with van der Waals surface area (Å²) in [5, 5.41) is 1.02. The van der Waals surface area contributed by atoms with Crippen molar-refractivity contribution in [3.63, 3.8) is 0 Å². The van der Waals surface area contributed by atoms with Crippen molar-refractivity contribution in [1.29, 1.82) is 0 Å². The third-order valence-electron chi connectivity index (χ3n) is 4.98. The van der Waals surface area contributed by atoms with Crippen LogP contribution in [0.5, 0.6) is 0 Å². The van der Waals surface area contributed by atoms with Gasteiger partial charge in [-0.05, 0) is 47.2 Å². The predicted molar refractivity (Wildman–Crippen MR) is 107 cm³/mol. The van der Waals surface area contributed by atoms with Gasteiger partial charge >= 0.3 is 0 Å². The Kier molecular flexibility index (Phi) is 3.34. The zero-order valence-electron chi connectivity index (χ0n) is 14.6. The molecule has 0 N–H and O–H groups in total. The number of fused-ring (bicyclic) bond motifs is 4. The van der Waals surface area contributed by atoms with E-state index in [1.165, 1.54) is 28.0 Å². The van der Waals surface area contributed by atoms with Crippen LogP contribution in [0.4, 0.5) is 0 Å². The second-order valence-corrected chi connectivity index (χ2v) is 7.92. The second kappa shape index (κ2) is 5.61. The zero-order chi connectivity index (χ0) is 17.8. The van der Waals surface area contributed by atoms with Gasteiger partial charge in [0.2, 0.25) is 0 Å². The molecule has 0 spiro atoms. The molecule has 3 aromatic heterocycles. The molecule has 0 radical (unpaired) electrons. The average molecular weight is 359 g/mol. The number of rotatable bonds is 2. The molecule has 1 aliphatic rings. The molecule has 4 nitrogen and oxygen atoms in total. The van der Waals surface area contributed by atoms with E-state index in [9.17, 15) is 4.79 Å². The van der Waals surface area contributed by atoms with Crippen molar-refractivity contribution >= 4 is 37.8 Å². The number of hydrogen-bond acceptors (Lipinski definition) is 4. The minimum Gasteiger partial charge on any atom is -0.267 e. The van der Waals surface area contributed by atoms with Gasteiger partial charge in [0.05, 0.1) is 11.2 Å². The third kappa shape index (κ3) is 2.17. The molecule has 1 aliphatic carbocycles. The lowest BCUT2D eigenvalue weighted by Gasteiger charge is -2.08. The van der Waals surface area contributed by atoms with Crippen molar-refractivity contribution in [3.05, 3.63) is 69.9 Å². The molecule has 3 heterocycles. The van der Waals surface area contributed by atoms with Crippen molar-refractivity contribution in [2.24, 2.45) is 0 Å². The van der Waals surface area contributed by atoms with Crippen LogP contribution in [0.2, 0.25) is 0 Å². The van der Waals surface area contributed by atoms with E-state index in [2.05, 4.69) is 48.1 Å². The fraction of sp³-hybridized carbons (Fsp3) is 0.190. The first-order valence-electron chi connectivity index (χ1n) is 8.72. The summed E-state index contributed by atoms with van der Waals surface area (Å²) in [7, 11) is 0. The maximum Gasteiger partial charge on any atom is 0.275 e. The molecule has 0 saturated carbocycles. The maximum atomic E-state index is 13.2. The van der Waals surface area contributed by atoms with Crippen molar-refractivity contribution in [2.45, 2.75) is 26.2 Å². The molecule has 1 aromatic carbocycles. The molecule has 0 saturated heterocycles. The van der Waals surface area contributed by atoms with Gasteiger partial charge in [-0.1, -0.05) is 32.1 Å². The summed E-state index contributed by atoms with van der Waals surface area (Å²) < 4.78 is 2.31. The molecule has 5 heteroatoms. The van der Waals surface area contributed by atoms with Crippen LogP contribution in [0.25, 0.3) is 32.2 Å². The summed E-state index contributed by atoms with van der Waals surface area (Å²) in [6.07, 6.45) is 8.65. The highest BCUT2D eigenvalue weighted by atomic mass is 32.1. The SMILES string of the molecule is CC(C)c1ccnc2sc3c(=O)n(-c4ccc5c(c4)CC=C5)cnc3c12. The van der Waals surface area contributed by atoms with Gasteiger partial charge in [0.1, 0.15) is 15.9 Å². The van der Waals surface area contributed by atoms with Crippen LogP contribution < -0.4 is 5.56 Å². The van der Waals surface area contributed by atoms with E-state index in [-0.39, 0.29) is 5.56 Å². The summed E-state index contributed by atoms with van der Waals surface area (Å²) >= 11 is 1.43. The van der Waals surface area contributed by atoms with Crippen molar-refractivity contribution in [2.75, 3.05) is 0 Å². The Balaban J connectivity index is 1.77. The lowest BCUT2D eigenvalue weighted by atomic mass is 10.0. The minimum atomic E-state index is -0.0291.